The number of hydrogen-bond donors (Lipinski definition) is 1. The molecule has 0 amide bonds. The van der Waals surface area contributed by atoms with Gasteiger partial charge in [-0.3, -0.25) is 9.80 Å². The average Bonchev–Trinajstić information content (AvgIpc) is 3.44. The minimum atomic E-state index is -4.33. The average molecular weight is 554 g/mol. The van der Waals surface area contributed by atoms with Crippen LogP contribution in [0.5, 0.6) is 11.5 Å². The van der Waals surface area contributed by atoms with Crippen molar-refractivity contribution >= 4 is 11.6 Å². The summed E-state index contributed by atoms with van der Waals surface area (Å²) in [6, 6.07) is 14.9. The van der Waals surface area contributed by atoms with E-state index in [0.717, 1.165) is 30.9 Å². The maximum absolute atomic E-state index is 13.5. The molecule has 40 heavy (non-hydrogen) atoms. The molecule has 3 heterocycles. The molecule has 1 aromatic heterocycles. The molecule has 5 rings (SSSR count). The van der Waals surface area contributed by atoms with E-state index in [1.807, 2.05) is 54.6 Å². The molecule has 0 saturated carbocycles. The minimum Gasteiger partial charge on any atom is -0.493 e. The number of nitrogens with one attached hydrogen (secondary N) is 1. The summed E-state index contributed by atoms with van der Waals surface area (Å²) in [5, 5.41) is 3.21. The van der Waals surface area contributed by atoms with Crippen molar-refractivity contribution in [3.8, 4) is 22.8 Å². The van der Waals surface area contributed by atoms with E-state index in [4.69, 9.17) is 9.47 Å². The van der Waals surface area contributed by atoms with Crippen molar-refractivity contribution in [2.45, 2.75) is 32.0 Å². The van der Waals surface area contributed by atoms with Gasteiger partial charge < -0.3 is 14.8 Å². The number of ether oxygens (including phenoxy) is 2. The third-order valence-corrected chi connectivity index (χ3v) is 6.85. The Hall–Kier alpha value is -3.63. The van der Waals surface area contributed by atoms with E-state index in [1.54, 1.807) is 12.3 Å². The predicted molar refractivity (Wildman–Crippen MR) is 149 cm³/mol. The van der Waals surface area contributed by atoms with Crippen molar-refractivity contribution in [2.75, 3.05) is 51.3 Å². The number of benzene rings is 2. The zero-order chi connectivity index (χ0) is 27.8. The molecule has 3 aromatic rings. The summed E-state index contributed by atoms with van der Waals surface area (Å²) >= 11 is 0. The van der Waals surface area contributed by atoms with E-state index in [1.165, 1.54) is 17.7 Å². The van der Waals surface area contributed by atoms with Gasteiger partial charge in [0, 0.05) is 42.6 Å². The van der Waals surface area contributed by atoms with Gasteiger partial charge in [-0.25, -0.2) is 9.97 Å². The quantitative estimate of drug-likeness (QED) is 0.385. The molecule has 0 atom stereocenters. The van der Waals surface area contributed by atoms with Crippen LogP contribution in [0.15, 0.2) is 66.9 Å². The summed E-state index contributed by atoms with van der Waals surface area (Å²) in [4.78, 5) is 12.7. The van der Waals surface area contributed by atoms with Crippen molar-refractivity contribution in [3.63, 3.8) is 0 Å². The number of fused-ring (bicyclic) bond motifs is 7. The third-order valence-electron chi connectivity index (χ3n) is 6.85. The van der Waals surface area contributed by atoms with Crippen molar-refractivity contribution in [1.29, 1.82) is 0 Å². The van der Waals surface area contributed by atoms with E-state index >= 15 is 0 Å². The first-order valence-corrected chi connectivity index (χ1v) is 13.7. The van der Waals surface area contributed by atoms with Crippen molar-refractivity contribution < 1.29 is 22.6 Å². The summed E-state index contributed by atoms with van der Waals surface area (Å²) in [6.45, 7) is 2.97. The Labute approximate surface area is 232 Å². The van der Waals surface area contributed by atoms with Gasteiger partial charge in [0.25, 0.3) is 0 Å². The molecule has 0 aliphatic carbocycles. The second kappa shape index (κ2) is 13.1. The normalized spacial score (nSPS) is 17.0. The lowest BCUT2D eigenvalue weighted by molar-refractivity contribution is -0.145. The molecular formula is C30H34F3N5O2. The maximum Gasteiger partial charge on any atom is 0.401 e. The minimum absolute atomic E-state index is 0.0698. The molecule has 1 N–H and O–H groups in total. The second-order valence-corrected chi connectivity index (χ2v) is 10.0. The van der Waals surface area contributed by atoms with Crippen LogP contribution >= 0.6 is 0 Å². The van der Waals surface area contributed by atoms with Crippen molar-refractivity contribution in [1.82, 2.24) is 19.8 Å². The van der Waals surface area contributed by atoms with E-state index in [0.29, 0.717) is 48.3 Å². The fourth-order valence-electron chi connectivity index (χ4n) is 4.93. The van der Waals surface area contributed by atoms with Gasteiger partial charge in [-0.1, -0.05) is 24.3 Å². The number of anilines is 2. The van der Waals surface area contributed by atoms with Crippen LogP contribution in [0.3, 0.4) is 0 Å². The lowest BCUT2D eigenvalue weighted by Gasteiger charge is -2.24. The monoisotopic (exact) mass is 553 g/mol. The van der Waals surface area contributed by atoms with Crippen molar-refractivity contribution in [2.24, 2.45) is 0 Å². The summed E-state index contributed by atoms with van der Waals surface area (Å²) in [7, 11) is 0. The highest BCUT2D eigenvalue weighted by Crippen LogP contribution is 2.29. The molecule has 0 unspecified atom stereocenters. The number of likely N-dealkylation sites (tertiary alicyclic amines) is 1. The Morgan fingerprint density at radius 2 is 1.88 bits per heavy atom. The van der Waals surface area contributed by atoms with Crippen LogP contribution in [0.2, 0.25) is 0 Å². The molecule has 6 bridgehead atoms. The SMILES string of the molecule is FC(F)(F)CN1CC=CCCOc2cccc(c2)-c2ccnc(n2)Nc2ccc(OCCN3CCCC3)c(c2)C1. The van der Waals surface area contributed by atoms with Gasteiger partial charge in [-0.15, -0.1) is 0 Å². The highest BCUT2D eigenvalue weighted by Gasteiger charge is 2.30. The molecule has 2 aliphatic heterocycles. The van der Waals surface area contributed by atoms with Crippen LogP contribution in [-0.4, -0.2) is 71.9 Å². The lowest BCUT2D eigenvalue weighted by Crippen LogP contribution is -2.34. The van der Waals surface area contributed by atoms with Gasteiger partial charge >= 0.3 is 6.18 Å². The molecule has 2 aliphatic rings. The van der Waals surface area contributed by atoms with Crippen LogP contribution in [0.1, 0.15) is 24.8 Å². The van der Waals surface area contributed by atoms with Crippen LogP contribution in [-0.2, 0) is 6.54 Å². The predicted octanol–water partition coefficient (Wildman–Crippen LogP) is 6.06. The number of hydrogen-bond acceptors (Lipinski definition) is 7. The standard InChI is InChI=1S/C30H34F3N5O2/c31-30(32,33)22-38-15-2-1-5-17-39-26-8-6-7-23(20-26)27-11-12-34-29(36-27)35-25-9-10-28(24(19-25)21-38)40-18-16-37-13-3-4-14-37/h1-2,6-12,19-20H,3-5,13-18,21-22H2,(H,34,35,36). The molecule has 0 spiro atoms. The Morgan fingerprint density at radius 1 is 1.00 bits per heavy atom. The zero-order valence-corrected chi connectivity index (χ0v) is 22.4. The Balaban J connectivity index is 1.44. The number of aromatic nitrogens is 2. The van der Waals surface area contributed by atoms with Gasteiger partial charge in [0.2, 0.25) is 5.95 Å². The van der Waals surface area contributed by atoms with E-state index in [2.05, 4.69) is 20.2 Å². The fraction of sp³-hybridized carbons (Fsp3) is 0.400. The molecule has 2 aromatic carbocycles. The van der Waals surface area contributed by atoms with Crippen LogP contribution in [0.4, 0.5) is 24.8 Å². The zero-order valence-electron chi connectivity index (χ0n) is 22.4. The number of rotatable bonds is 5. The third kappa shape index (κ3) is 8.19. The number of halogens is 3. The van der Waals surface area contributed by atoms with E-state index < -0.39 is 12.7 Å². The highest BCUT2D eigenvalue weighted by atomic mass is 19.4. The maximum atomic E-state index is 13.5. The molecule has 1 fully saturated rings. The fourth-order valence-corrected chi connectivity index (χ4v) is 4.93. The van der Waals surface area contributed by atoms with Crippen molar-refractivity contribution in [3.05, 3.63) is 72.4 Å². The summed E-state index contributed by atoms with van der Waals surface area (Å²) in [6.07, 6.45) is 3.91. The molecule has 7 nitrogen and oxygen atoms in total. The first-order valence-electron chi connectivity index (χ1n) is 13.7. The van der Waals surface area contributed by atoms with Gasteiger partial charge in [0.15, 0.2) is 0 Å². The molecule has 212 valence electrons. The summed E-state index contributed by atoms with van der Waals surface area (Å²) in [5.74, 6) is 1.66. The topological polar surface area (TPSA) is 62.8 Å². The molecule has 1 saturated heterocycles. The smallest absolute Gasteiger partial charge is 0.401 e. The number of alkyl halides is 3. The first kappa shape index (κ1) is 27.9. The highest BCUT2D eigenvalue weighted by molar-refractivity contribution is 5.64. The lowest BCUT2D eigenvalue weighted by atomic mass is 10.1. The summed E-state index contributed by atoms with van der Waals surface area (Å²) < 4.78 is 52.6. The van der Waals surface area contributed by atoms with Gasteiger partial charge in [0.05, 0.1) is 18.8 Å². The molecule has 0 radical (unpaired) electrons. The molecular weight excluding hydrogens is 519 g/mol. The van der Waals surface area contributed by atoms with Crippen LogP contribution in [0.25, 0.3) is 11.3 Å². The Morgan fingerprint density at radius 3 is 2.73 bits per heavy atom. The van der Waals surface area contributed by atoms with Gasteiger partial charge in [0.1, 0.15) is 18.1 Å². The van der Waals surface area contributed by atoms with Gasteiger partial charge in [-0.05, 0) is 68.8 Å². The van der Waals surface area contributed by atoms with Gasteiger partial charge in [-0.2, -0.15) is 13.2 Å². The first-order chi connectivity index (χ1) is 19.4. The second-order valence-electron chi connectivity index (χ2n) is 10.0. The Kier molecular flexibility index (Phi) is 9.18. The van der Waals surface area contributed by atoms with Crippen LogP contribution in [0, 0.1) is 0 Å². The van der Waals surface area contributed by atoms with E-state index in [-0.39, 0.29) is 13.1 Å². The largest absolute Gasteiger partial charge is 0.493 e. The summed E-state index contributed by atoms with van der Waals surface area (Å²) in [5.41, 5.74) is 2.95. The Bertz CT molecular complexity index is 1290. The van der Waals surface area contributed by atoms with Crippen LogP contribution < -0.4 is 14.8 Å². The molecule has 10 heteroatoms. The number of nitrogens with zero attached hydrogens (tertiary/aromatic N) is 4. The van der Waals surface area contributed by atoms with E-state index in [9.17, 15) is 13.2 Å².